The molecule has 2 N–H and O–H groups in total. The Balaban J connectivity index is 2.00. The Hall–Kier alpha value is -2.19. The second-order valence-corrected chi connectivity index (χ2v) is 16.3. The van der Waals surface area contributed by atoms with Crippen molar-refractivity contribution in [1.82, 2.24) is 4.90 Å². The van der Waals surface area contributed by atoms with E-state index >= 15 is 0 Å². The summed E-state index contributed by atoms with van der Waals surface area (Å²) < 4.78 is 43.3. The second-order valence-electron chi connectivity index (χ2n) is 16.3. The standard InChI is InChI=1S/C44H73NO10/c1-15-32-20-18-17-19-27(6)28(7)24-33(16-2)38(29(8)23-26(5)21-22-34(25(3)4)53-42(32)48)54-43-36(46)35(45(11)12)39(30(9)51-43)55-44-41(50-14)37(47)40(49-13)31(10)52-44/h17-18,20-21,23-25,27,30-31,33-41,43-44,46-47H,15-16,19,22H2,1-14H3/b18-17+,26-21+,28-24+,29-23+,32-20+/t27-,30+,31+,33-,34-,35+,36+,37-,38-,39+,40+,41+,43-,44-/m0/s1. The Morgan fingerprint density at radius 3 is 2.09 bits per heavy atom. The molecule has 55 heavy (non-hydrogen) atoms. The first-order chi connectivity index (χ1) is 26.0. The third kappa shape index (κ3) is 12.4. The van der Waals surface area contributed by atoms with Crippen LogP contribution >= 0.6 is 0 Å². The van der Waals surface area contributed by atoms with E-state index in [4.69, 9.17) is 33.2 Å². The van der Waals surface area contributed by atoms with Gasteiger partial charge in [0.05, 0.1) is 24.4 Å². The number of allylic oxidation sites excluding steroid dienone is 6. The van der Waals surface area contributed by atoms with Crippen LogP contribution in [0.1, 0.15) is 94.9 Å². The van der Waals surface area contributed by atoms with E-state index in [-0.39, 0.29) is 29.8 Å². The summed E-state index contributed by atoms with van der Waals surface area (Å²) in [4.78, 5) is 15.1. The highest BCUT2D eigenvalue weighted by Crippen LogP contribution is 2.35. The van der Waals surface area contributed by atoms with Gasteiger partial charge in [0.2, 0.25) is 0 Å². The van der Waals surface area contributed by atoms with Gasteiger partial charge in [-0.3, -0.25) is 0 Å². The van der Waals surface area contributed by atoms with E-state index in [1.54, 1.807) is 0 Å². The van der Waals surface area contributed by atoms with Gasteiger partial charge in [0.15, 0.2) is 12.6 Å². The van der Waals surface area contributed by atoms with Crippen LogP contribution in [0.3, 0.4) is 0 Å². The molecule has 0 radical (unpaired) electrons. The Bertz CT molecular complexity index is 1370. The largest absolute Gasteiger partial charge is 0.458 e. The van der Waals surface area contributed by atoms with Crippen LogP contribution in [0.15, 0.2) is 58.7 Å². The molecule has 14 atom stereocenters. The fourth-order valence-corrected chi connectivity index (χ4v) is 7.81. The van der Waals surface area contributed by atoms with Crippen LogP contribution in [0.2, 0.25) is 0 Å². The number of hydrogen-bond acceptors (Lipinski definition) is 11. The molecular formula is C44H73NO10. The lowest BCUT2D eigenvalue weighted by Crippen LogP contribution is -2.66. The minimum absolute atomic E-state index is 0.0157. The first-order valence-corrected chi connectivity index (χ1v) is 20.3. The number of cyclic esters (lactones) is 1. The van der Waals surface area contributed by atoms with Gasteiger partial charge < -0.3 is 48.3 Å². The van der Waals surface area contributed by atoms with Crippen LogP contribution in [-0.4, -0.2) is 123 Å². The van der Waals surface area contributed by atoms with Gasteiger partial charge in [-0.2, -0.15) is 0 Å². The Morgan fingerprint density at radius 1 is 0.873 bits per heavy atom. The monoisotopic (exact) mass is 776 g/mol. The number of methoxy groups -OCH3 is 2. The topological polar surface area (TPSA) is 125 Å². The average molecular weight is 776 g/mol. The lowest BCUT2D eigenvalue weighted by atomic mass is 9.87. The van der Waals surface area contributed by atoms with Gasteiger partial charge in [-0.1, -0.05) is 82.2 Å². The zero-order valence-corrected chi connectivity index (χ0v) is 36.1. The van der Waals surface area contributed by atoms with Gasteiger partial charge in [0, 0.05) is 32.1 Å². The first-order valence-electron chi connectivity index (χ1n) is 20.3. The van der Waals surface area contributed by atoms with E-state index in [2.05, 4.69) is 72.8 Å². The summed E-state index contributed by atoms with van der Waals surface area (Å²) in [6.07, 6.45) is 7.58. The van der Waals surface area contributed by atoms with Crippen molar-refractivity contribution in [3.8, 4) is 0 Å². The predicted molar refractivity (Wildman–Crippen MR) is 215 cm³/mol. The molecule has 0 aromatic carbocycles. The minimum atomic E-state index is -1.10. The quantitative estimate of drug-likeness (QED) is 0.182. The van der Waals surface area contributed by atoms with Crippen LogP contribution < -0.4 is 0 Å². The maximum Gasteiger partial charge on any atom is 0.334 e. The molecule has 0 aromatic heterocycles. The summed E-state index contributed by atoms with van der Waals surface area (Å²) in [5.41, 5.74) is 3.91. The molecule has 0 aromatic rings. The molecule has 0 aliphatic carbocycles. The molecule has 0 amide bonds. The zero-order valence-electron chi connectivity index (χ0n) is 36.1. The van der Waals surface area contributed by atoms with E-state index in [0.717, 1.165) is 24.0 Å². The highest BCUT2D eigenvalue weighted by atomic mass is 16.7. The Kier molecular flexibility index (Phi) is 19.0. The summed E-state index contributed by atoms with van der Waals surface area (Å²) in [6, 6.07) is -0.547. The summed E-state index contributed by atoms with van der Waals surface area (Å²) in [5.74, 6) is 0.0983. The van der Waals surface area contributed by atoms with Crippen LogP contribution in [0, 0.1) is 17.8 Å². The number of esters is 1. The van der Waals surface area contributed by atoms with Crippen molar-refractivity contribution < 1.29 is 48.2 Å². The Labute approximate surface area is 331 Å². The number of aliphatic hydroxyl groups excluding tert-OH is 2. The SMILES string of the molecule is CC/C1=C\C=C\C[C@H](C)/C(C)=C/[C@H](CC)[C@@H](O[C@@H]2O[C@H](C)[C@@H](O[C@@H]3O[C@H](C)[C@@H](OC)[C@H](O)[C@H]3OC)[C@H](N(C)C)[C@H]2O)/C(C)=C/C(C)=C/C[C@@H](C(C)C)OC1=O. The minimum Gasteiger partial charge on any atom is -0.458 e. The smallest absolute Gasteiger partial charge is 0.334 e. The van der Waals surface area contributed by atoms with Crippen LogP contribution in [0.25, 0.3) is 0 Å². The number of hydrogen-bond donors (Lipinski definition) is 2. The van der Waals surface area contributed by atoms with E-state index < -0.39 is 67.5 Å². The van der Waals surface area contributed by atoms with Crippen molar-refractivity contribution in [1.29, 1.82) is 0 Å². The summed E-state index contributed by atoms with van der Waals surface area (Å²) >= 11 is 0. The van der Waals surface area contributed by atoms with Crippen molar-refractivity contribution in [2.45, 2.75) is 168 Å². The maximum atomic E-state index is 13.2. The van der Waals surface area contributed by atoms with E-state index in [1.165, 1.54) is 19.8 Å². The van der Waals surface area contributed by atoms with Crippen LogP contribution in [0.4, 0.5) is 0 Å². The number of ether oxygens (including phenoxy) is 7. The molecule has 314 valence electrons. The van der Waals surface area contributed by atoms with Gasteiger partial charge in [-0.15, -0.1) is 0 Å². The number of carbonyl (C=O) groups excluding carboxylic acids is 1. The molecule has 0 unspecified atom stereocenters. The summed E-state index contributed by atoms with van der Waals surface area (Å²) in [5, 5.41) is 23.1. The lowest BCUT2D eigenvalue weighted by molar-refractivity contribution is -0.351. The molecule has 11 nitrogen and oxygen atoms in total. The van der Waals surface area contributed by atoms with Crippen LogP contribution in [0.5, 0.6) is 0 Å². The zero-order chi connectivity index (χ0) is 41.1. The van der Waals surface area contributed by atoms with E-state index in [0.29, 0.717) is 18.4 Å². The third-order valence-electron chi connectivity index (χ3n) is 11.5. The summed E-state index contributed by atoms with van der Waals surface area (Å²) in [7, 11) is 6.80. The molecule has 3 aliphatic heterocycles. The molecule has 3 rings (SSSR count). The molecule has 0 bridgehead atoms. The highest BCUT2D eigenvalue weighted by Gasteiger charge is 2.51. The number of aliphatic hydroxyl groups is 2. The van der Waals surface area contributed by atoms with Gasteiger partial charge in [-0.25, -0.2) is 4.79 Å². The van der Waals surface area contributed by atoms with Crippen LogP contribution in [-0.2, 0) is 38.0 Å². The van der Waals surface area contributed by atoms with Gasteiger partial charge in [0.1, 0.15) is 36.6 Å². The number of likely N-dealkylation sites (N-methyl/N-ethyl adjacent to an activating group) is 1. The normalized spacial score (nSPS) is 42.1. The maximum absolute atomic E-state index is 13.2. The lowest BCUT2D eigenvalue weighted by Gasteiger charge is -2.50. The molecule has 0 spiro atoms. The molecule has 3 aliphatic rings. The van der Waals surface area contributed by atoms with Gasteiger partial charge in [0.25, 0.3) is 0 Å². The Morgan fingerprint density at radius 2 is 1.51 bits per heavy atom. The molecule has 0 saturated carbocycles. The van der Waals surface area contributed by atoms with Gasteiger partial charge >= 0.3 is 5.97 Å². The van der Waals surface area contributed by atoms with Crippen molar-refractivity contribution in [3.63, 3.8) is 0 Å². The van der Waals surface area contributed by atoms with Crippen molar-refractivity contribution in [2.24, 2.45) is 17.8 Å². The fraction of sp³-hybridized carbons (Fsp3) is 0.750. The van der Waals surface area contributed by atoms with Crippen molar-refractivity contribution in [3.05, 3.63) is 58.7 Å². The molecule has 3 heterocycles. The van der Waals surface area contributed by atoms with E-state index in [9.17, 15) is 15.0 Å². The van der Waals surface area contributed by atoms with Crippen molar-refractivity contribution >= 4 is 5.97 Å². The van der Waals surface area contributed by atoms with Gasteiger partial charge in [-0.05, 0) is 85.4 Å². The first kappa shape index (κ1) is 47.2. The molecule has 2 saturated heterocycles. The predicted octanol–water partition coefficient (Wildman–Crippen LogP) is 6.68. The summed E-state index contributed by atoms with van der Waals surface area (Å²) in [6.45, 7) is 20.5. The average Bonchev–Trinajstić information content (AvgIpc) is 3.12. The van der Waals surface area contributed by atoms with E-state index in [1.807, 2.05) is 51.9 Å². The number of rotatable bonds is 10. The fourth-order valence-electron chi connectivity index (χ4n) is 7.81. The highest BCUT2D eigenvalue weighted by molar-refractivity contribution is 5.88. The number of carbonyl (C=O) groups is 1. The second kappa shape index (κ2) is 22.1. The molecular weight excluding hydrogens is 702 g/mol. The number of nitrogens with zero attached hydrogens (tertiary/aromatic N) is 1. The molecule has 2 fully saturated rings. The molecule has 11 heteroatoms. The third-order valence-corrected chi connectivity index (χ3v) is 11.5. The van der Waals surface area contributed by atoms with Crippen molar-refractivity contribution in [2.75, 3.05) is 28.3 Å².